The van der Waals surface area contributed by atoms with E-state index < -0.39 is 0 Å². The monoisotopic (exact) mass is 458 g/mol. The number of H-pyrrole nitrogens is 1. The number of nitrogens with one attached hydrogen (secondary N) is 3. The van der Waals surface area contributed by atoms with Crippen LogP contribution >= 0.6 is 11.3 Å². The van der Waals surface area contributed by atoms with Crippen molar-refractivity contribution in [3.05, 3.63) is 65.3 Å². The lowest BCUT2D eigenvalue weighted by Crippen LogP contribution is -2.44. The van der Waals surface area contributed by atoms with E-state index in [1.165, 1.54) is 17.7 Å². The van der Waals surface area contributed by atoms with Gasteiger partial charge in [0.15, 0.2) is 0 Å². The number of likely N-dealkylation sites (tertiary alicyclic amines) is 1. The number of fused-ring (bicyclic) bond motifs is 1. The number of aromatic amines is 1. The number of carbonyl (C=O) groups excluding carboxylic acids is 1. The van der Waals surface area contributed by atoms with Crippen molar-refractivity contribution in [2.75, 3.05) is 18.4 Å². The van der Waals surface area contributed by atoms with Crippen molar-refractivity contribution in [3.8, 4) is 6.07 Å². The first-order valence-corrected chi connectivity index (χ1v) is 11.5. The van der Waals surface area contributed by atoms with Crippen LogP contribution in [0.5, 0.6) is 0 Å². The fraction of sp³-hybridized carbons (Fsp3) is 0.261. The van der Waals surface area contributed by atoms with Crippen molar-refractivity contribution in [2.45, 2.75) is 25.4 Å². The molecule has 0 saturated carbocycles. The molecule has 4 aromatic rings. The summed E-state index contributed by atoms with van der Waals surface area (Å²) in [5.41, 5.74) is 1.32. The van der Waals surface area contributed by atoms with Crippen LogP contribution in [0.15, 0.2) is 49.1 Å². The van der Waals surface area contributed by atoms with Gasteiger partial charge in [0.2, 0.25) is 0 Å². The standard InChI is InChI=1S/C23H22N8OS/c24-12-15-2-1-3-17(10-15)29-21-18-11-19(33-23(18)28-14-27-21)22(32)30-16-4-8-31(9-5-16)13-20-25-6-7-26-20/h1-3,6-7,10-11,14,16H,4-5,8-9,13H2,(H,25,26)(H,30,32)(H,27,28,29). The molecule has 0 radical (unpaired) electrons. The van der Waals surface area contributed by atoms with Crippen molar-refractivity contribution in [1.82, 2.24) is 30.2 Å². The number of piperidine rings is 1. The Kier molecular flexibility index (Phi) is 5.97. The number of hydrogen-bond donors (Lipinski definition) is 3. The normalized spacial score (nSPS) is 14.8. The summed E-state index contributed by atoms with van der Waals surface area (Å²) in [6.45, 7) is 2.63. The van der Waals surface area contributed by atoms with Gasteiger partial charge in [-0.2, -0.15) is 5.26 Å². The van der Waals surface area contributed by atoms with Gasteiger partial charge in [-0.3, -0.25) is 9.69 Å². The molecule has 9 nitrogen and oxygen atoms in total. The van der Waals surface area contributed by atoms with Crippen LogP contribution in [0.1, 0.15) is 33.9 Å². The Morgan fingerprint density at radius 2 is 2.12 bits per heavy atom. The van der Waals surface area contributed by atoms with E-state index in [0.717, 1.165) is 54.2 Å². The van der Waals surface area contributed by atoms with Crippen LogP contribution in [0, 0.1) is 11.3 Å². The SMILES string of the molecule is N#Cc1cccc(Nc2ncnc3sc(C(=O)NC4CCN(Cc5ncc[nH]5)CC4)cc23)c1. The molecule has 0 bridgehead atoms. The molecule has 1 aromatic carbocycles. The summed E-state index contributed by atoms with van der Waals surface area (Å²) in [5, 5.41) is 16.3. The number of hydrogen-bond acceptors (Lipinski definition) is 8. The molecule has 33 heavy (non-hydrogen) atoms. The first-order valence-electron chi connectivity index (χ1n) is 10.7. The van der Waals surface area contributed by atoms with E-state index in [9.17, 15) is 4.79 Å². The van der Waals surface area contributed by atoms with Crippen molar-refractivity contribution >= 4 is 39.0 Å². The van der Waals surface area contributed by atoms with E-state index in [4.69, 9.17) is 5.26 Å². The van der Waals surface area contributed by atoms with E-state index in [1.54, 1.807) is 18.3 Å². The Morgan fingerprint density at radius 3 is 2.91 bits per heavy atom. The van der Waals surface area contributed by atoms with Crippen LogP contribution in [-0.2, 0) is 6.54 Å². The number of rotatable bonds is 6. The molecule has 1 amide bonds. The van der Waals surface area contributed by atoms with E-state index in [1.807, 2.05) is 24.4 Å². The maximum absolute atomic E-state index is 12.9. The number of amides is 1. The third-order valence-electron chi connectivity index (χ3n) is 5.66. The Labute approximate surface area is 194 Å². The van der Waals surface area contributed by atoms with Gasteiger partial charge < -0.3 is 15.6 Å². The molecule has 1 fully saturated rings. The average molecular weight is 459 g/mol. The molecule has 4 heterocycles. The molecule has 0 spiro atoms. The quantitative estimate of drug-likeness (QED) is 0.404. The smallest absolute Gasteiger partial charge is 0.261 e. The molecular formula is C23H22N8OS. The van der Waals surface area contributed by atoms with Crippen LogP contribution in [0.3, 0.4) is 0 Å². The predicted octanol–water partition coefficient (Wildman–Crippen LogP) is 3.42. The Hall–Kier alpha value is -3.81. The second-order valence-corrected chi connectivity index (χ2v) is 8.96. The third-order valence-corrected chi connectivity index (χ3v) is 6.70. The molecule has 1 aliphatic rings. The van der Waals surface area contributed by atoms with Gasteiger partial charge in [0.05, 0.1) is 28.4 Å². The topological polar surface area (TPSA) is 123 Å². The zero-order chi connectivity index (χ0) is 22.6. The number of imidazole rings is 1. The fourth-order valence-electron chi connectivity index (χ4n) is 3.96. The third kappa shape index (κ3) is 4.84. The first kappa shape index (κ1) is 21.1. The molecule has 1 saturated heterocycles. The van der Waals surface area contributed by atoms with Gasteiger partial charge in [0.1, 0.15) is 22.8 Å². The molecule has 1 aliphatic heterocycles. The van der Waals surface area contributed by atoms with Gasteiger partial charge in [0, 0.05) is 37.2 Å². The number of nitrogens with zero attached hydrogens (tertiary/aromatic N) is 5. The summed E-state index contributed by atoms with van der Waals surface area (Å²) >= 11 is 1.35. The lowest BCUT2D eigenvalue weighted by molar-refractivity contribution is 0.0912. The molecule has 0 atom stereocenters. The van der Waals surface area contributed by atoms with Crippen LogP contribution < -0.4 is 10.6 Å². The van der Waals surface area contributed by atoms with Gasteiger partial charge in [-0.15, -0.1) is 11.3 Å². The van der Waals surface area contributed by atoms with Crippen LogP contribution in [0.4, 0.5) is 11.5 Å². The van der Waals surface area contributed by atoms with Gasteiger partial charge in [-0.05, 0) is 37.1 Å². The van der Waals surface area contributed by atoms with Crippen molar-refractivity contribution in [2.24, 2.45) is 0 Å². The van der Waals surface area contributed by atoms with Gasteiger partial charge in [-0.1, -0.05) is 6.07 Å². The predicted molar refractivity (Wildman–Crippen MR) is 126 cm³/mol. The number of nitriles is 1. The van der Waals surface area contributed by atoms with E-state index >= 15 is 0 Å². The van der Waals surface area contributed by atoms with E-state index in [2.05, 4.69) is 41.5 Å². The number of thiophene rings is 1. The Bertz CT molecular complexity index is 1300. The second-order valence-electron chi connectivity index (χ2n) is 7.93. The molecule has 166 valence electrons. The highest BCUT2D eigenvalue weighted by molar-refractivity contribution is 7.20. The number of carbonyl (C=O) groups is 1. The first-order chi connectivity index (χ1) is 16.2. The highest BCUT2D eigenvalue weighted by Gasteiger charge is 2.23. The van der Waals surface area contributed by atoms with E-state index in [0.29, 0.717) is 16.3 Å². The van der Waals surface area contributed by atoms with Crippen molar-refractivity contribution in [1.29, 1.82) is 5.26 Å². The minimum Gasteiger partial charge on any atom is -0.349 e. The molecule has 0 aliphatic carbocycles. The van der Waals surface area contributed by atoms with Gasteiger partial charge in [0.25, 0.3) is 5.91 Å². The summed E-state index contributed by atoms with van der Waals surface area (Å²) in [5.74, 6) is 1.49. The van der Waals surface area contributed by atoms with Gasteiger partial charge >= 0.3 is 0 Å². The highest BCUT2D eigenvalue weighted by Crippen LogP contribution is 2.30. The summed E-state index contributed by atoms with van der Waals surface area (Å²) in [7, 11) is 0. The lowest BCUT2D eigenvalue weighted by atomic mass is 10.0. The minimum atomic E-state index is -0.0834. The second kappa shape index (κ2) is 9.36. The Morgan fingerprint density at radius 1 is 1.24 bits per heavy atom. The van der Waals surface area contributed by atoms with Crippen LogP contribution in [0.25, 0.3) is 10.2 Å². The summed E-state index contributed by atoms with van der Waals surface area (Å²) in [6.07, 6.45) is 6.88. The minimum absolute atomic E-state index is 0.0834. The number of anilines is 2. The number of aromatic nitrogens is 4. The Balaban J connectivity index is 1.24. The largest absolute Gasteiger partial charge is 0.349 e. The van der Waals surface area contributed by atoms with Gasteiger partial charge in [-0.25, -0.2) is 15.0 Å². The maximum Gasteiger partial charge on any atom is 0.261 e. The fourth-order valence-corrected chi connectivity index (χ4v) is 4.86. The van der Waals surface area contributed by atoms with Crippen molar-refractivity contribution < 1.29 is 4.79 Å². The molecule has 5 rings (SSSR count). The molecular weight excluding hydrogens is 436 g/mol. The average Bonchev–Trinajstić information content (AvgIpc) is 3.51. The summed E-state index contributed by atoms with van der Waals surface area (Å²) in [4.78, 5) is 32.7. The van der Waals surface area contributed by atoms with Crippen LogP contribution in [-0.4, -0.2) is 49.9 Å². The summed E-state index contributed by atoms with van der Waals surface area (Å²) < 4.78 is 0. The number of benzene rings is 1. The summed E-state index contributed by atoms with van der Waals surface area (Å²) in [6, 6.07) is 11.3. The van der Waals surface area contributed by atoms with E-state index in [-0.39, 0.29) is 11.9 Å². The lowest BCUT2D eigenvalue weighted by Gasteiger charge is -2.31. The molecule has 3 N–H and O–H groups in total. The maximum atomic E-state index is 12.9. The molecule has 0 unspecified atom stereocenters. The van der Waals surface area contributed by atoms with Crippen molar-refractivity contribution in [3.63, 3.8) is 0 Å². The van der Waals surface area contributed by atoms with Crippen LogP contribution in [0.2, 0.25) is 0 Å². The zero-order valence-electron chi connectivity index (χ0n) is 17.8. The molecule has 10 heteroatoms. The molecule has 3 aromatic heterocycles. The zero-order valence-corrected chi connectivity index (χ0v) is 18.6. The highest BCUT2D eigenvalue weighted by atomic mass is 32.1.